The van der Waals surface area contributed by atoms with Crippen molar-refractivity contribution in [3.05, 3.63) is 5.69 Å². The van der Waals surface area contributed by atoms with E-state index in [2.05, 4.69) is 5.10 Å². The largest absolute Gasteiger partial charge is 0.396 e. The van der Waals surface area contributed by atoms with Crippen LogP contribution in [-0.4, -0.2) is 46.8 Å². The standard InChI is InChI=1S/C12H22N4O3S/c1-9-11(12(13)14-15(9)2)20(18,19)16(7-4-8-17)10-5-3-6-10/h10,17H,3-8H2,1-2H3,(H2,13,14). The Morgan fingerprint density at radius 3 is 2.55 bits per heavy atom. The number of hydrogen-bond acceptors (Lipinski definition) is 5. The molecule has 1 aliphatic rings. The molecule has 0 bridgehead atoms. The number of hydrogen-bond donors (Lipinski definition) is 2. The normalized spacial score (nSPS) is 16.6. The summed E-state index contributed by atoms with van der Waals surface area (Å²) in [6.45, 7) is 1.98. The van der Waals surface area contributed by atoms with Crippen molar-refractivity contribution < 1.29 is 13.5 Å². The first kappa shape index (κ1) is 15.3. The second-order valence-corrected chi connectivity index (χ2v) is 7.03. The van der Waals surface area contributed by atoms with E-state index in [1.165, 1.54) is 8.99 Å². The van der Waals surface area contributed by atoms with Gasteiger partial charge in [0, 0.05) is 26.2 Å². The van der Waals surface area contributed by atoms with Crippen LogP contribution < -0.4 is 5.73 Å². The second-order valence-electron chi connectivity index (χ2n) is 5.20. The van der Waals surface area contributed by atoms with Gasteiger partial charge in [0.05, 0.1) is 5.69 Å². The molecule has 2 rings (SSSR count). The van der Waals surface area contributed by atoms with Crippen LogP contribution in [0.25, 0.3) is 0 Å². The van der Waals surface area contributed by atoms with E-state index >= 15 is 0 Å². The zero-order valence-corrected chi connectivity index (χ0v) is 12.7. The minimum Gasteiger partial charge on any atom is -0.396 e. The lowest BCUT2D eigenvalue weighted by molar-refractivity contribution is 0.198. The van der Waals surface area contributed by atoms with Gasteiger partial charge in [-0.15, -0.1) is 0 Å². The molecular weight excluding hydrogens is 280 g/mol. The van der Waals surface area contributed by atoms with Crippen LogP contribution in [0.1, 0.15) is 31.4 Å². The molecule has 114 valence electrons. The summed E-state index contributed by atoms with van der Waals surface area (Å²) in [5.41, 5.74) is 6.31. The molecular formula is C12H22N4O3S. The number of aliphatic hydroxyl groups excluding tert-OH is 1. The molecule has 3 N–H and O–H groups in total. The van der Waals surface area contributed by atoms with E-state index < -0.39 is 10.0 Å². The molecule has 8 heteroatoms. The van der Waals surface area contributed by atoms with E-state index in [-0.39, 0.29) is 23.4 Å². The lowest BCUT2D eigenvalue weighted by Gasteiger charge is -2.36. The van der Waals surface area contributed by atoms with Crippen molar-refractivity contribution in [1.29, 1.82) is 0 Å². The van der Waals surface area contributed by atoms with Crippen molar-refractivity contribution in [2.45, 2.75) is 43.5 Å². The first-order chi connectivity index (χ1) is 9.39. The molecule has 20 heavy (non-hydrogen) atoms. The molecule has 0 aromatic carbocycles. The van der Waals surface area contributed by atoms with Crippen molar-refractivity contribution in [3.63, 3.8) is 0 Å². The summed E-state index contributed by atoms with van der Waals surface area (Å²) < 4.78 is 28.6. The van der Waals surface area contributed by atoms with Gasteiger partial charge in [0.1, 0.15) is 4.90 Å². The first-order valence-corrected chi connectivity index (χ1v) is 8.25. The predicted molar refractivity (Wildman–Crippen MR) is 75.6 cm³/mol. The Hall–Kier alpha value is -1.12. The van der Waals surface area contributed by atoms with E-state index in [1.807, 2.05) is 0 Å². The minimum absolute atomic E-state index is 0.0190. The van der Waals surface area contributed by atoms with Gasteiger partial charge >= 0.3 is 0 Å². The van der Waals surface area contributed by atoms with Gasteiger partial charge < -0.3 is 10.8 Å². The average Bonchev–Trinajstić information content (AvgIpc) is 2.56. The third-order valence-electron chi connectivity index (χ3n) is 3.89. The van der Waals surface area contributed by atoms with Gasteiger partial charge in [-0.25, -0.2) is 8.42 Å². The van der Waals surface area contributed by atoms with E-state index in [4.69, 9.17) is 10.8 Å². The van der Waals surface area contributed by atoms with E-state index in [9.17, 15) is 8.42 Å². The molecule has 1 aromatic rings. The molecule has 0 atom stereocenters. The third-order valence-corrected chi connectivity index (χ3v) is 6.01. The van der Waals surface area contributed by atoms with E-state index in [1.54, 1.807) is 14.0 Å². The Kier molecular flexibility index (Phi) is 4.36. The fourth-order valence-electron chi connectivity index (χ4n) is 2.45. The zero-order valence-electron chi connectivity index (χ0n) is 11.9. The molecule has 0 amide bonds. The molecule has 0 saturated heterocycles. The Morgan fingerprint density at radius 1 is 1.50 bits per heavy atom. The molecule has 0 radical (unpaired) electrons. The lowest BCUT2D eigenvalue weighted by Crippen LogP contribution is -2.45. The number of nitrogens with two attached hydrogens (primary N) is 1. The average molecular weight is 302 g/mol. The van der Waals surface area contributed by atoms with Gasteiger partial charge in [0.25, 0.3) is 0 Å². The number of aryl methyl sites for hydroxylation is 1. The maximum absolute atomic E-state index is 12.8. The Bertz CT molecular complexity index is 578. The van der Waals surface area contributed by atoms with Crippen LogP contribution in [0.3, 0.4) is 0 Å². The van der Waals surface area contributed by atoms with Crippen molar-refractivity contribution in [2.24, 2.45) is 7.05 Å². The van der Waals surface area contributed by atoms with E-state index in [0.29, 0.717) is 18.7 Å². The SMILES string of the molecule is Cc1c(S(=O)(=O)N(CCCO)C2CCC2)c(N)nn1C. The smallest absolute Gasteiger partial charge is 0.248 e. The van der Waals surface area contributed by atoms with Crippen molar-refractivity contribution in [1.82, 2.24) is 14.1 Å². The molecule has 1 saturated carbocycles. The van der Waals surface area contributed by atoms with Crippen LogP contribution in [0.4, 0.5) is 5.82 Å². The highest BCUT2D eigenvalue weighted by Gasteiger charge is 2.37. The molecule has 0 aliphatic heterocycles. The lowest BCUT2D eigenvalue weighted by atomic mass is 9.93. The Balaban J connectivity index is 2.39. The number of aromatic nitrogens is 2. The highest BCUT2D eigenvalue weighted by molar-refractivity contribution is 7.89. The van der Waals surface area contributed by atoms with Crippen molar-refractivity contribution >= 4 is 15.8 Å². The topological polar surface area (TPSA) is 101 Å². The van der Waals surface area contributed by atoms with Crippen molar-refractivity contribution in [3.8, 4) is 0 Å². The van der Waals surface area contributed by atoms with Gasteiger partial charge in [-0.2, -0.15) is 9.40 Å². The summed E-state index contributed by atoms with van der Waals surface area (Å²) in [4.78, 5) is 0.102. The van der Waals surface area contributed by atoms with Gasteiger partial charge in [0.15, 0.2) is 5.82 Å². The molecule has 1 aliphatic carbocycles. The third kappa shape index (κ3) is 2.55. The molecule has 7 nitrogen and oxygen atoms in total. The van der Waals surface area contributed by atoms with Crippen LogP contribution in [0, 0.1) is 6.92 Å². The summed E-state index contributed by atoms with van der Waals surface area (Å²) in [7, 11) is -1.99. The molecule has 0 spiro atoms. The highest BCUT2D eigenvalue weighted by Crippen LogP contribution is 2.33. The van der Waals surface area contributed by atoms with E-state index in [0.717, 1.165) is 19.3 Å². The number of aliphatic hydroxyl groups is 1. The van der Waals surface area contributed by atoms with Gasteiger partial charge in [-0.05, 0) is 26.2 Å². The molecule has 1 fully saturated rings. The number of anilines is 1. The quantitative estimate of drug-likeness (QED) is 0.783. The van der Waals surface area contributed by atoms with Gasteiger partial charge in [0.2, 0.25) is 10.0 Å². The summed E-state index contributed by atoms with van der Waals surface area (Å²) in [5.74, 6) is 0.0401. The molecule has 1 heterocycles. The van der Waals surface area contributed by atoms with Crippen LogP contribution in [0.2, 0.25) is 0 Å². The van der Waals surface area contributed by atoms with Crippen LogP contribution in [0.15, 0.2) is 4.90 Å². The number of nitrogen functional groups attached to an aromatic ring is 1. The van der Waals surface area contributed by atoms with Gasteiger partial charge in [-0.1, -0.05) is 6.42 Å². The minimum atomic E-state index is -3.66. The van der Waals surface area contributed by atoms with Crippen molar-refractivity contribution in [2.75, 3.05) is 18.9 Å². The Labute approximate surface area is 119 Å². The molecule has 1 aromatic heterocycles. The Morgan fingerprint density at radius 2 is 2.15 bits per heavy atom. The van der Waals surface area contributed by atoms with Crippen LogP contribution in [0.5, 0.6) is 0 Å². The van der Waals surface area contributed by atoms with Crippen LogP contribution in [-0.2, 0) is 17.1 Å². The summed E-state index contributed by atoms with van der Waals surface area (Å²) >= 11 is 0. The second kappa shape index (κ2) is 5.71. The van der Waals surface area contributed by atoms with Crippen LogP contribution >= 0.6 is 0 Å². The van der Waals surface area contributed by atoms with Gasteiger partial charge in [-0.3, -0.25) is 4.68 Å². The number of nitrogens with zero attached hydrogens (tertiary/aromatic N) is 3. The monoisotopic (exact) mass is 302 g/mol. The summed E-state index contributed by atoms with van der Waals surface area (Å²) in [6, 6.07) is 0.0190. The zero-order chi connectivity index (χ0) is 14.9. The number of sulfonamides is 1. The maximum atomic E-state index is 12.8. The predicted octanol–water partition coefficient (Wildman–Crippen LogP) is 0.236. The fraction of sp³-hybridized carbons (Fsp3) is 0.750. The first-order valence-electron chi connectivity index (χ1n) is 6.81. The number of rotatable bonds is 6. The summed E-state index contributed by atoms with van der Waals surface area (Å²) in [5, 5.41) is 13.0. The summed E-state index contributed by atoms with van der Waals surface area (Å²) in [6.07, 6.45) is 3.19. The maximum Gasteiger partial charge on any atom is 0.248 e. The fourth-order valence-corrected chi connectivity index (χ4v) is 4.47. The highest BCUT2D eigenvalue weighted by atomic mass is 32.2. The molecule has 0 unspecified atom stereocenters.